The molecule has 0 unspecified atom stereocenters. The van der Waals surface area contributed by atoms with E-state index in [1.165, 1.54) is 29.5 Å². The molecule has 0 aliphatic carbocycles. The summed E-state index contributed by atoms with van der Waals surface area (Å²) in [5, 5.41) is 2.85. The average Bonchev–Trinajstić information content (AvgIpc) is 3.63. The highest BCUT2D eigenvalue weighted by molar-refractivity contribution is 6.10. The van der Waals surface area contributed by atoms with E-state index in [0.29, 0.717) is 52.0 Å². The molecule has 1 aromatic rings. The van der Waals surface area contributed by atoms with Gasteiger partial charge in [-0.2, -0.15) is 0 Å². The van der Waals surface area contributed by atoms with Crippen molar-refractivity contribution in [3.05, 3.63) is 33.9 Å². The molecule has 5 heterocycles. The molecular formula is C29H37N5O4. The number of nitrogens with one attached hydrogen (secondary N) is 1. The van der Waals surface area contributed by atoms with Gasteiger partial charge in [-0.3, -0.25) is 24.2 Å². The Morgan fingerprint density at radius 3 is 2.55 bits per heavy atom. The van der Waals surface area contributed by atoms with Crippen LogP contribution in [0.5, 0.6) is 0 Å². The molecule has 1 spiro atoms. The van der Waals surface area contributed by atoms with E-state index in [0.717, 1.165) is 30.8 Å². The number of likely N-dealkylation sites (tertiary alicyclic amines) is 2. The van der Waals surface area contributed by atoms with Gasteiger partial charge in [-0.25, -0.2) is 0 Å². The largest absolute Gasteiger partial charge is 0.343 e. The average molecular weight is 520 g/mol. The zero-order valence-corrected chi connectivity index (χ0v) is 22.3. The molecule has 9 nitrogen and oxygen atoms in total. The second kappa shape index (κ2) is 9.91. The molecule has 9 heteroatoms. The topological polar surface area (TPSA) is 102 Å². The normalized spacial score (nSPS) is 24.7. The van der Waals surface area contributed by atoms with Crippen molar-refractivity contribution in [3.63, 3.8) is 0 Å². The van der Waals surface area contributed by atoms with Gasteiger partial charge in [0.15, 0.2) is 5.78 Å². The van der Waals surface area contributed by atoms with Gasteiger partial charge in [0.25, 0.3) is 0 Å². The van der Waals surface area contributed by atoms with Crippen LogP contribution in [0.3, 0.4) is 0 Å². The third-order valence-corrected chi connectivity index (χ3v) is 9.36. The van der Waals surface area contributed by atoms with Gasteiger partial charge >= 0.3 is 0 Å². The van der Waals surface area contributed by atoms with Gasteiger partial charge in [-0.1, -0.05) is 6.07 Å². The van der Waals surface area contributed by atoms with Gasteiger partial charge in [0, 0.05) is 50.9 Å². The quantitative estimate of drug-likeness (QED) is 0.592. The van der Waals surface area contributed by atoms with Gasteiger partial charge < -0.3 is 20.0 Å². The van der Waals surface area contributed by atoms with Crippen LogP contribution in [0.4, 0.5) is 0 Å². The second-order valence-electron chi connectivity index (χ2n) is 11.7. The van der Waals surface area contributed by atoms with Crippen molar-refractivity contribution in [2.24, 2.45) is 10.9 Å². The molecule has 1 N–H and O–H groups in total. The fourth-order valence-corrected chi connectivity index (χ4v) is 7.04. The molecule has 5 aliphatic rings. The minimum atomic E-state index is -0.809. The number of fused-ring (bicyclic) bond motifs is 3. The number of carbonyl (C=O) groups excluding carboxylic acids is 4. The third kappa shape index (κ3) is 4.55. The smallest absolute Gasteiger partial charge is 0.228 e. The summed E-state index contributed by atoms with van der Waals surface area (Å²) in [5.74, 6) is -0.690. The Morgan fingerprint density at radius 2 is 1.84 bits per heavy atom. The van der Waals surface area contributed by atoms with Crippen molar-refractivity contribution >= 4 is 29.7 Å². The number of hydrogen-bond donors (Lipinski definition) is 1. The maximum Gasteiger partial charge on any atom is 0.228 e. The molecule has 1 atom stereocenters. The Balaban J connectivity index is 1.20. The van der Waals surface area contributed by atoms with Crippen molar-refractivity contribution in [1.29, 1.82) is 0 Å². The van der Waals surface area contributed by atoms with E-state index in [2.05, 4.69) is 28.2 Å². The lowest BCUT2D eigenvalue weighted by Gasteiger charge is -2.38. The zero-order valence-electron chi connectivity index (χ0n) is 22.3. The van der Waals surface area contributed by atoms with Crippen molar-refractivity contribution < 1.29 is 19.2 Å². The molecule has 3 fully saturated rings. The summed E-state index contributed by atoms with van der Waals surface area (Å²) < 4.78 is 0. The van der Waals surface area contributed by atoms with Crippen molar-refractivity contribution in [1.82, 2.24) is 20.0 Å². The number of ketones is 1. The van der Waals surface area contributed by atoms with Gasteiger partial charge in [0.2, 0.25) is 17.7 Å². The van der Waals surface area contributed by atoms with Gasteiger partial charge in [0.05, 0.1) is 18.9 Å². The van der Waals surface area contributed by atoms with Crippen LogP contribution in [0, 0.1) is 12.8 Å². The first kappa shape index (κ1) is 25.2. The number of nitrogens with zero attached hydrogens (tertiary/aromatic N) is 4. The second-order valence-corrected chi connectivity index (χ2v) is 11.7. The number of aryl methyl sites for hydroxylation is 1. The molecule has 202 valence electrons. The SMILES string of the molecule is Cc1cc2c(c3c1CN=C3)CN(CCN1CCCC1)C(=O)[C@@H](CC(=O)N1CCC3(CC1)NC(=O)CC3=O)C2. The summed E-state index contributed by atoms with van der Waals surface area (Å²) >= 11 is 0. The van der Waals surface area contributed by atoms with E-state index >= 15 is 0 Å². The van der Waals surface area contributed by atoms with E-state index in [-0.39, 0.29) is 36.3 Å². The number of benzene rings is 1. The molecule has 0 saturated carbocycles. The van der Waals surface area contributed by atoms with Crippen LogP contribution < -0.4 is 5.32 Å². The van der Waals surface area contributed by atoms with E-state index in [4.69, 9.17) is 0 Å². The number of Topliss-reactive ketones (excluding diaryl/α,β-unsaturated/α-hetero) is 1. The number of carbonyl (C=O) groups is 4. The summed E-state index contributed by atoms with van der Waals surface area (Å²) in [6.07, 6.45) is 5.92. The number of amides is 3. The molecular weight excluding hydrogens is 482 g/mol. The molecule has 6 rings (SSSR count). The van der Waals surface area contributed by atoms with E-state index in [1.54, 1.807) is 4.90 Å². The van der Waals surface area contributed by atoms with Gasteiger partial charge in [-0.05, 0) is 74.4 Å². The Bertz CT molecular complexity index is 1210. The number of rotatable bonds is 5. The zero-order chi connectivity index (χ0) is 26.4. The van der Waals surface area contributed by atoms with Crippen LogP contribution in [0.1, 0.15) is 66.3 Å². The summed E-state index contributed by atoms with van der Waals surface area (Å²) in [6.45, 7) is 7.90. The summed E-state index contributed by atoms with van der Waals surface area (Å²) in [4.78, 5) is 62.3. The Morgan fingerprint density at radius 1 is 1.08 bits per heavy atom. The molecule has 38 heavy (non-hydrogen) atoms. The fraction of sp³-hybridized carbons (Fsp3) is 0.621. The Hall–Kier alpha value is -3.07. The van der Waals surface area contributed by atoms with Crippen LogP contribution in [-0.4, -0.2) is 89.2 Å². The molecule has 0 radical (unpaired) electrons. The van der Waals surface area contributed by atoms with Crippen LogP contribution in [0.25, 0.3) is 0 Å². The lowest BCUT2D eigenvalue weighted by molar-refractivity contribution is -0.142. The molecule has 3 saturated heterocycles. The lowest BCUT2D eigenvalue weighted by atomic mass is 9.84. The fourth-order valence-electron chi connectivity index (χ4n) is 7.04. The summed E-state index contributed by atoms with van der Waals surface area (Å²) in [6, 6.07) is 2.20. The first-order chi connectivity index (χ1) is 18.3. The maximum absolute atomic E-state index is 13.9. The molecule has 5 aliphatic heterocycles. The monoisotopic (exact) mass is 519 g/mol. The number of piperidine rings is 1. The van der Waals surface area contributed by atoms with E-state index in [9.17, 15) is 19.2 Å². The van der Waals surface area contributed by atoms with E-state index in [1.807, 2.05) is 11.1 Å². The van der Waals surface area contributed by atoms with Crippen LogP contribution >= 0.6 is 0 Å². The first-order valence-electron chi connectivity index (χ1n) is 14.1. The summed E-state index contributed by atoms with van der Waals surface area (Å²) in [7, 11) is 0. The molecule has 3 amide bonds. The number of hydrogen-bond acceptors (Lipinski definition) is 6. The first-order valence-corrected chi connectivity index (χ1v) is 14.1. The Labute approximate surface area is 223 Å². The van der Waals surface area contributed by atoms with Crippen LogP contribution in [0.15, 0.2) is 11.1 Å². The predicted octanol–water partition coefficient (Wildman–Crippen LogP) is 1.36. The highest BCUT2D eigenvalue weighted by Crippen LogP contribution is 2.34. The van der Waals surface area contributed by atoms with Gasteiger partial charge in [-0.15, -0.1) is 0 Å². The van der Waals surface area contributed by atoms with Gasteiger partial charge in [0.1, 0.15) is 5.54 Å². The van der Waals surface area contributed by atoms with E-state index < -0.39 is 11.5 Å². The Kier molecular flexibility index (Phi) is 6.58. The minimum absolute atomic E-state index is 0.0441. The van der Waals surface area contributed by atoms with Crippen LogP contribution in [0.2, 0.25) is 0 Å². The molecule has 0 aromatic heterocycles. The van der Waals surface area contributed by atoms with Crippen molar-refractivity contribution in [2.75, 3.05) is 39.3 Å². The van der Waals surface area contributed by atoms with Crippen molar-refractivity contribution in [2.45, 2.75) is 70.5 Å². The predicted molar refractivity (Wildman–Crippen MR) is 142 cm³/mol. The third-order valence-electron chi connectivity index (χ3n) is 9.36. The minimum Gasteiger partial charge on any atom is -0.343 e. The highest BCUT2D eigenvalue weighted by atomic mass is 16.2. The van der Waals surface area contributed by atoms with Crippen LogP contribution in [-0.2, 0) is 38.7 Å². The van der Waals surface area contributed by atoms with Crippen molar-refractivity contribution in [3.8, 4) is 0 Å². The summed E-state index contributed by atoms with van der Waals surface area (Å²) in [5.41, 5.74) is 5.14. The number of aliphatic imine (C=N–C) groups is 1. The highest BCUT2D eigenvalue weighted by Gasteiger charge is 2.48. The standard InChI is InChI=1S/C29H37N5O4/c1-19-12-20-13-21(14-27(37)33-8-4-29(5-9-33)25(35)15-26(36)31-29)28(38)34(11-10-32-6-2-3-7-32)18-24(20)23-17-30-16-22(19)23/h12,17,21H,2-11,13-16,18H2,1H3,(H,31,36)/t21-/m1/s1. The molecule has 0 bridgehead atoms. The lowest BCUT2D eigenvalue weighted by Crippen LogP contribution is -2.55. The maximum atomic E-state index is 13.9. The molecule has 1 aromatic carbocycles.